The minimum atomic E-state index is -0.319. The third kappa shape index (κ3) is 3.86. The molecule has 0 saturated heterocycles. The van der Waals surface area contributed by atoms with Gasteiger partial charge in [0, 0.05) is 26.9 Å². The van der Waals surface area contributed by atoms with Gasteiger partial charge < -0.3 is 4.42 Å². The van der Waals surface area contributed by atoms with Crippen LogP contribution in [0.4, 0.5) is 5.13 Å². The molecule has 1 aromatic carbocycles. The van der Waals surface area contributed by atoms with Gasteiger partial charge in [-0.2, -0.15) is 5.10 Å². The van der Waals surface area contributed by atoms with E-state index in [1.165, 1.54) is 14.9 Å². The van der Waals surface area contributed by atoms with Crippen molar-refractivity contribution >= 4 is 45.0 Å². The topological polar surface area (TPSA) is 73.0 Å². The van der Waals surface area contributed by atoms with Gasteiger partial charge in [0.1, 0.15) is 5.76 Å². The fraction of sp³-hybridized carbons (Fsp3) is 0.0556. The van der Waals surface area contributed by atoms with Gasteiger partial charge in [-0.25, -0.2) is 4.98 Å². The molecule has 8 heteroatoms. The summed E-state index contributed by atoms with van der Waals surface area (Å²) >= 11 is 3.64. The first-order chi connectivity index (χ1) is 12.7. The van der Waals surface area contributed by atoms with E-state index in [2.05, 4.69) is 38.0 Å². The number of furan rings is 1. The molecular formula is C18H13IN4O2S. The van der Waals surface area contributed by atoms with Crippen LogP contribution >= 0.6 is 33.9 Å². The quantitative estimate of drug-likeness (QED) is 0.431. The summed E-state index contributed by atoms with van der Waals surface area (Å²) in [7, 11) is 0. The van der Waals surface area contributed by atoms with E-state index in [4.69, 9.17) is 4.42 Å². The van der Waals surface area contributed by atoms with Gasteiger partial charge in [0.15, 0.2) is 10.9 Å². The van der Waals surface area contributed by atoms with Crippen molar-refractivity contribution in [2.45, 2.75) is 6.54 Å². The van der Waals surface area contributed by atoms with Crippen LogP contribution in [-0.4, -0.2) is 20.7 Å². The molecule has 0 aliphatic rings. The molecule has 0 spiro atoms. The minimum absolute atomic E-state index is 0.248. The molecule has 1 N–H and O–H groups in total. The molecule has 0 atom stereocenters. The van der Waals surface area contributed by atoms with E-state index in [9.17, 15) is 4.79 Å². The highest BCUT2D eigenvalue weighted by Gasteiger charge is 2.14. The molecule has 26 heavy (non-hydrogen) atoms. The van der Waals surface area contributed by atoms with Crippen molar-refractivity contribution in [1.29, 1.82) is 0 Å². The zero-order valence-corrected chi connectivity index (χ0v) is 16.4. The fourth-order valence-corrected chi connectivity index (χ4v) is 3.46. The van der Waals surface area contributed by atoms with Crippen molar-refractivity contribution in [2.24, 2.45) is 0 Å². The molecule has 1 amide bonds. The van der Waals surface area contributed by atoms with Crippen LogP contribution in [-0.2, 0) is 6.54 Å². The number of rotatable bonds is 5. The number of aromatic nitrogens is 3. The highest BCUT2D eigenvalue weighted by Crippen LogP contribution is 2.26. The average Bonchev–Trinajstić information content (AvgIpc) is 3.38. The van der Waals surface area contributed by atoms with Gasteiger partial charge >= 0.3 is 0 Å². The number of anilines is 1. The average molecular weight is 476 g/mol. The summed E-state index contributed by atoms with van der Waals surface area (Å²) in [6.07, 6.45) is 3.54. The zero-order valence-electron chi connectivity index (χ0n) is 13.4. The molecule has 6 nitrogen and oxygen atoms in total. The first-order valence-electron chi connectivity index (χ1n) is 7.76. The Balaban J connectivity index is 1.43. The predicted octanol–water partition coefficient (Wildman–Crippen LogP) is 4.50. The summed E-state index contributed by atoms with van der Waals surface area (Å²) in [5, 5.41) is 9.36. The molecule has 3 heterocycles. The van der Waals surface area contributed by atoms with Crippen molar-refractivity contribution < 1.29 is 9.21 Å². The standard InChI is InChI=1S/C18H13IN4O2S/c19-13-4-2-12(3-5-13)15-11-26-18(21-15)22-17(24)16-7-6-14(25-16)10-23-9-1-8-20-23/h1-9,11H,10H2,(H,21,22,24). The number of halogens is 1. The van der Waals surface area contributed by atoms with Crippen LogP contribution in [0.2, 0.25) is 0 Å². The van der Waals surface area contributed by atoms with E-state index in [1.54, 1.807) is 23.0 Å². The number of amides is 1. The fourth-order valence-electron chi connectivity index (χ4n) is 2.38. The van der Waals surface area contributed by atoms with E-state index in [0.717, 1.165) is 11.3 Å². The smallest absolute Gasteiger partial charge is 0.293 e. The van der Waals surface area contributed by atoms with E-state index in [-0.39, 0.29) is 11.7 Å². The number of nitrogens with zero attached hydrogens (tertiary/aromatic N) is 3. The third-order valence-corrected chi connectivity index (χ3v) is 5.10. The Hall–Kier alpha value is -2.46. The molecule has 0 saturated carbocycles. The zero-order chi connectivity index (χ0) is 17.9. The van der Waals surface area contributed by atoms with Crippen molar-refractivity contribution in [1.82, 2.24) is 14.8 Å². The van der Waals surface area contributed by atoms with Crippen LogP contribution in [0.5, 0.6) is 0 Å². The lowest BCUT2D eigenvalue weighted by Crippen LogP contribution is -2.10. The van der Waals surface area contributed by atoms with Crippen molar-refractivity contribution in [3.8, 4) is 11.3 Å². The maximum absolute atomic E-state index is 12.4. The number of hydrogen-bond donors (Lipinski definition) is 1. The van der Waals surface area contributed by atoms with Crippen molar-refractivity contribution in [3.05, 3.63) is 75.3 Å². The summed E-state index contributed by atoms with van der Waals surface area (Å²) in [4.78, 5) is 16.8. The lowest BCUT2D eigenvalue weighted by atomic mass is 10.2. The Morgan fingerprint density at radius 3 is 2.85 bits per heavy atom. The molecule has 0 unspecified atom stereocenters. The van der Waals surface area contributed by atoms with E-state index < -0.39 is 0 Å². The SMILES string of the molecule is O=C(Nc1nc(-c2ccc(I)cc2)cs1)c1ccc(Cn2cccn2)o1. The summed E-state index contributed by atoms with van der Waals surface area (Å²) in [6.45, 7) is 0.481. The molecule has 0 fully saturated rings. The highest BCUT2D eigenvalue weighted by molar-refractivity contribution is 14.1. The summed E-state index contributed by atoms with van der Waals surface area (Å²) in [5.74, 6) is 0.593. The third-order valence-electron chi connectivity index (χ3n) is 3.63. The van der Waals surface area contributed by atoms with Gasteiger partial charge in [0.05, 0.1) is 12.2 Å². The normalized spacial score (nSPS) is 10.8. The molecule has 4 rings (SSSR count). The molecule has 0 bridgehead atoms. The maximum atomic E-state index is 12.4. The molecule has 4 aromatic rings. The summed E-state index contributed by atoms with van der Waals surface area (Å²) in [6, 6.07) is 13.3. The molecular weight excluding hydrogens is 463 g/mol. The van der Waals surface area contributed by atoms with Crippen molar-refractivity contribution in [2.75, 3.05) is 5.32 Å². The lowest BCUT2D eigenvalue weighted by molar-refractivity contribution is 0.0994. The van der Waals surface area contributed by atoms with E-state index in [1.807, 2.05) is 41.9 Å². The van der Waals surface area contributed by atoms with Crippen LogP contribution < -0.4 is 5.32 Å². The Morgan fingerprint density at radius 2 is 2.08 bits per heavy atom. The Morgan fingerprint density at radius 1 is 1.23 bits per heavy atom. The Kier molecular flexibility index (Phi) is 4.85. The first kappa shape index (κ1) is 17.0. The number of hydrogen-bond acceptors (Lipinski definition) is 5. The Labute approximate surface area is 167 Å². The number of nitrogens with one attached hydrogen (secondary N) is 1. The van der Waals surface area contributed by atoms with Gasteiger partial charge in [-0.05, 0) is 52.9 Å². The van der Waals surface area contributed by atoms with Gasteiger partial charge in [-0.15, -0.1) is 11.3 Å². The van der Waals surface area contributed by atoms with Gasteiger partial charge in [0.25, 0.3) is 5.91 Å². The molecule has 0 aliphatic heterocycles. The molecule has 130 valence electrons. The second-order valence-electron chi connectivity index (χ2n) is 5.47. The maximum Gasteiger partial charge on any atom is 0.293 e. The Bertz CT molecular complexity index is 1020. The van der Waals surface area contributed by atoms with Crippen molar-refractivity contribution in [3.63, 3.8) is 0 Å². The highest BCUT2D eigenvalue weighted by atomic mass is 127. The van der Waals surface area contributed by atoms with Crippen LogP contribution in [0, 0.1) is 3.57 Å². The predicted molar refractivity (Wildman–Crippen MR) is 108 cm³/mol. The van der Waals surface area contributed by atoms with Crippen LogP contribution in [0.15, 0.2) is 64.7 Å². The van der Waals surface area contributed by atoms with Gasteiger partial charge in [-0.1, -0.05) is 12.1 Å². The first-order valence-corrected chi connectivity index (χ1v) is 9.72. The number of benzene rings is 1. The summed E-state index contributed by atoms with van der Waals surface area (Å²) in [5.41, 5.74) is 1.85. The minimum Gasteiger partial charge on any atom is -0.454 e. The van der Waals surface area contributed by atoms with Crippen LogP contribution in [0.1, 0.15) is 16.3 Å². The summed E-state index contributed by atoms with van der Waals surface area (Å²) < 4.78 is 8.50. The second-order valence-corrected chi connectivity index (χ2v) is 7.57. The number of thiazole rings is 1. The molecule has 0 radical (unpaired) electrons. The van der Waals surface area contributed by atoms with Crippen LogP contribution in [0.25, 0.3) is 11.3 Å². The molecule has 3 aromatic heterocycles. The largest absolute Gasteiger partial charge is 0.454 e. The van der Waals surface area contributed by atoms with Gasteiger partial charge in [-0.3, -0.25) is 14.8 Å². The number of carbonyl (C=O) groups is 1. The van der Waals surface area contributed by atoms with Crippen LogP contribution in [0.3, 0.4) is 0 Å². The monoisotopic (exact) mass is 476 g/mol. The van der Waals surface area contributed by atoms with E-state index in [0.29, 0.717) is 17.4 Å². The number of carbonyl (C=O) groups excluding carboxylic acids is 1. The second kappa shape index (κ2) is 7.42. The molecule has 0 aliphatic carbocycles. The van der Waals surface area contributed by atoms with E-state index >= 15 is 0 Å². The van der Waals surface area contributed by atoms with Gasteiger partial charge in [0.2, 0.25) is 0 Å². The lowest BCUT2D eigenvalue weighted by Gasteiger charge is -2.00.